The van der Waals surface area contributed by atoms with Crippen LogP contribution in [0.1, 0.15) is 52.9 Å². The second-order valence-electron chi connectivity index (χ2n) is 5.03. The maximum absolute atomic E-state index is 9.91. The number of aliphatic hydroxyl groups excluding tert-OH is 1. The minimum absolute atomic E-state index is 0.0322. The summed E-state index contributed by atoms with van der Waals surface area (Å²) in [6, 6.07) is 0. The summed E-state index contributed by atoms with van der Waals surface area (Å²) >= 11 is 0. The lowest BCUT2D eigenvalue weighted by atomic mass is 9.74. The van der Waals surface area contributed by atoms with Gasteiger partial charge in [0.15, 0.2) is 0 Å². The van der Waals surface area contributed by atoms with Gasteiger partial charge in [-0.2, -0.15) is 0 Å². The van der Waals surface area contributed by atoms with E-state index in [1.54, 1.807) is 0 Å². The first-order valence-corrected chi connectivity index (χ1v) is 5.81. The summed E-state index contributed by atoms with van der Waals surface area (Å²) in [5.41, 5.74) is 0. The minimum Gasteiger partial charge on any atom is -0.393 e. The molecule has 78 valence electrons. The van der Waals surface area contributed by atoms with Crippen LogP contribution in [0.25, 0.3) is 0 Å². The minimum atomic E-state index is -0.0322. The van der Waals surface area contributed by atoms with E-state index >= 15 is 0 Å². The highest BCUT2D eigenvalue weighted by molar-refractivity contribution is 4.79. The second kappa shape index (κ2) is 4.99. The fourth-order valence-electron chi connectivity index (χ4n) is 2.85. The molecule has 0 spiro atoms. The molecule has 0 bridgehead atoms. The first-order chi connectivity index (χ1) is 6.13. The zero-order valence-corrected chi connectivity index (χ0v) is 9.29. The van der Waals surface area contributed by atoms with E-state index in [4.69, 9.17) is 0 Å². The van der Waals surface area contributed by atoms with Gasteiger partial charge in [0.1, 0.15) is 0 Å². The first-order valence-electron chi connectivity index (χ1n) is 5.81. The van der Waals surface area contributed by atoms with Crippen molar-refractivity contribution in [2.24, 2.45) is 17.8 Å². The van der Waals surface area contributed by atoms with Crippen LogP contribution in [0.2, 0.25) is 0 Å². The first kappa shape index (κ1) is 11.0. The zero-order valence-electron chi connectivity index (χ0n) is 9.29. The Hall–Kier alpha value is -0.0400. The molecule has 3 unspecified atom stereocenters. The lowest BCUT2D eigenvalue weighted by Crippen LogP contribution is -2.29. The molecular formula is C12H24O. The Morgan fingerprint density at radius 1 is 1.15 bits per heavy atom. The maximum Gasteiger partial charge on any atom is 0.0568 e. The molecule has 0 aromatic rings. The van der Waals surface area contributed by atoms with E-state index < -0.39 is 0 Å². The maximum atomic E-state index is 9.91. The third kappa shape index (κ3) is 3.30. The van der Waals surface area contributed by atoms with Crippen LogP contribution in [-0.4, -0.2) is 11.2 Å². The van der Waals surface area contributed by atoms with Crippen molar-refractivity contribution in [3.05, 3.63) is 0 Å². The third-order valence-electron chi connectivity index (χ3n) is 3.34. The van der Waals surface area contributed by atoms with Crippen LogP contribution < -0.4 is 0 Å². The molecule has 0 aromatic carbocycles. The standard InChI is InChI=1S/C12H24O/c1-4-5-12(13)11-7-9(2)6-10(3)8-11/h9-13H,4-8H2,1-3H3. The largest absolute Gasteiger partial charge is 0.393 e. The summed E-state index contributed by atoms with van der Waals surface area (Å²) < 4.78 is 0. The van der Waals surface area contributed by atoms with Crippen molar-refractivity contribution in [2.75, 3.05) is 0 Å². The van der Waals surface area contributed by atoms with Crippen LogP contribution in [0.3, 0.4) is 0 Å². The molecule has 0 radical (unpaired) electrons. The van der Waals surface area contributed by atoms with Crippen molar-refractivity contribution in [1.29, 1.82) is 0 Å². The molecule has 1 aliphatic rings. The summed E-state index contributed by atoms with van der Waals surface area (Å²) in [4.78, 5) is 0. The summed E-state index contributed by atoms with van der Waals surface area (Å²) in [5.74, 6) is 2.22. The molecule has 0 saturated heterocycles. The zero-order chi connectivity index (χ0) is 9.84. The van der Waals surface area contributed by atoms with Gasteiger partial charge in [-0.3, -0.25) is 0 Å². The van der Waals surface area contributed by atoms with E-state index in [9.17, 15) is 5.11 Å². The molecule has 1 nitrogen and oxygen atoms in total. The highest BCUT2D eigenvalue weighted by Gasteiger charge is 2.28. The van der Waals surface area contributed by atoms with Crippen molar-refractivity contribution in [2.45, 2.75) is 59.0 Å². The Kier molecular flexibility index (Phi) is 4.24. The van der Waals surface area contributed by atoms with Crippen LogP contribution >= 0.6 is 0 Å². The SMILES string of the molecule is CCCC(O)C1CC(C)CC(C)C1. The van der Waals surface area contributed by atoms with Crippen molar-refractivity contribution in [3.63, 3.8) is 0 Å². The molecule has 0 amide bonds. The van der Waals surface area contributed by atoms with Gasteiger partial charge in [0.2, 0.25) is 0 Å². The lowest BCUT2D eigenvalue weighted by molar-refractivity contribution is 0.0493. The van der Waals surface area contributed by atoms with E-state index in [-0.39, 0.29) is 6.10 Å². The Morgan fingerprint density at radius 2 is 1.69 bits per heavy atom. The second-order valence-corrected chi connectivity index (χ2v) is 5.03. The number of rotatable bonds is 3. The lowest BCUT2D eigenvalue weighted by Gasteiger charge is -2.34. The summed E-state index contributed by atoms with van der Waals surface area (Å²) in [6.45, 7) is 6.79. The molecule has 1 saturated carbocycles. The van der Waals surface area contributed by atoms with E-state index in [1.165, 1.54) is 19.3 Å². The van der Waals surface area contributed by atoms with Gasteiger partial charge in [-0.15, -0.1) is 0 Å². The number of hydrogen-bond donors (Lipinski definition) is 1. The van der Waals surface area contributed by atoms with Crippen LogP contribution in [0, 0.1) is 17.8 Å². The average Bonchev–Trinajstić information content (AvgIpc) is 2.03. The van der Waals surface area contributed by atoms with Crippen LogP contribution in [0.4, 0.5) is 0 Å². The molecule has 1 rings (SSSR count). The third-order valence-corrected chi connectivity index (χ3v) is 3.34. The quantitative estimate of drug-likeness (QED) is 0.714. The molecule has 3 atom stereocenters. The molecule has 1 aliphatic carbocycles. The molecule has 13 heavy (non-hydrogen) atoms. The Labute approximate surface area is 82.5 Å². The van der Waals surface area contributed by atoms with Gasteiger partial charge < -0.3 is 5.11 Å². The van der Waals surface area contributed by atoms with E-state index in [0.29, 0.717) is 5.92 Å². The Balaban J connectivity index is 2.40. The summed E-state index contributed by atoms with van der Waals surface area (Å²) in [6.07, 6.45) is 5.91. The van der Waals surface area contributed by atoms with E-state index in [2.05, 4.69) is 20.8 Å². The van der Waals surface area contributed by atoms with Gasteiger partial charge in [0.05, 0.1) is 6.10 Å². The summed E-state index contributed by atoms with van der Waals surface area (Å²) in [5, 5.41) is 9.91. The highest BCUT2D eigenvalue weighted by atomic mass is 16.3. The van der Waals surface area contributed by atoms with Gasteiger partial charge in [-0.25, -0.2) is 0 Å². The predicted molar refractivity (Wildman–Crippen MR) is 56.6 cm³/mol. The predicted octanol–water partition coefficient (Wildman–Crippen LogP) is 3.22. The molecule has 0 aliphatic heterocycles. The average molecular weight is 184 g/mol. The van der Waals surface area contributed by atoms with E-state index in [0.717, 1.165) is 24.7 Å². The molecule has 0 heterocycles. The van der Waals surface area contributed by atoms with Crippen molar-refractivity contribution >= 4 is 0 Å². The topological polar surface area (TPSA) is 20.2 Å². The molecule has 0 aromatic heterocycles. The summed E-state index contributed by atoms with van der Waals surface area (Å²) in [7, 11) is 0. The van der Waals surface area contributed by atoms with Gasteiger partial charge >= 0.3 is 0 Å². The van der Waals surface area contributed by atoms with Crippen LogP contribution in [0.5, 0.6) is 0 Å². The van der Waals surface area contributed by atoms with E-state index in [1.807, 2.05) is 0 Å². The van der Waals surface area contributed by atoms with Crippen molar-refractivity contribution in [1.82, 2.24) is 0 Å². The molecule has 1 fully saturated rings. The highest BCUT2D eigenvalue weighted by Crippen LogP contribution is 2.35. The van der Waals surface area contributed by atoms with Gasteiger partial charge in [0, 0.05) is 0 Å². The fourth-order valence-corrected chi connectivity index (χ4v) is 2.85. The van der Waals surface area contributed by atoms with Crippen LogP contribution in [0.15, 0.2) is 0 Å². The van der Waals surface area contributed by atoms with Gasteiger partial charge in [-0.05, 0) is 43.4 Å². The molecular weight excluding hydrogens is 160 g/mol. The van der Waals surface area contributed by atoms with Gasteiger partial charge in [-0.1, -0.05) is 27.2 Å². The van der Waals surface area contributed by atoms with Crippen molar-refractivity contribution in [3.8, 4) is 0 Å². The smallest absolute Gasteiger partial charge is 0.0568 e. The van der Waals surface area contributed by atoms with Crippen molar-refractivity contribution < 1.29 is 5.11 Å². The number of hydrogen-bond acceptors (Lipinski definition) is 1. The van der Waals surface area contributed by atoms with Gasteiger partial charge in [0.25, 0.3) is 0 Å². The monoisotopic (exact) mass is 184 g/mol. The fraction of sp³-hybridized carbons (Fsp3) is 1.00. The number of aliphatic hydroxyl groups is 1. The normalized spacial score (nSPS) is 37.4. The Bertz CT molecular complexity index is 134. The van der Waals surface area contributed by atoms with Crippen LogP contribution in [-0.2, 0) is 0 Å². The molecule has 1 heteroatoms. The molecule has 1 N–H and O–H groups in total. The Morgan fingerprint density at radius 3 is 2.15 bits per heavy atom.